The van der Waals surface area contributed by atoms with E-state index in [0.29, 0.717) is 31.7 Å². The first-order valence-corrected chi connectivity index (χ1v) is 9.82. The van der Waals surface area contributed by atoms with Crippen LogP contribution >= 0.6 is 0 Å². The van der Waals surface area contributed by atoms with Crippen LogP contribution in [0.2, 0.25) is 0 Å². The largest absolute Gasteiger partial charge is 0.339 e. The SMILES string of the molecule is Cc1ccc(C(=O)CCC(=O)N2CCN(C(=O)Cc3ccc(F)cc3)CC2)cc1. The number of rotatable bonds is 6. The Morgan fingerprint density at radius 2 is 1.34 bits per heavy atom. The maximum absolute atomic E-state index is 13.0. The summed E-state index contributed by atoms with van der Waals surface area (Å²) in [4.78, 5) is 40.5. The second-order valence-corrected chi connectivity index (χ2v) is 7.35. The predicted molar refractivity (Wildman–Crippen MR) is 108 cm³/mol. The summed E-state index contributed by atoms with van der Waals surface area (Å²) in [7, 11) is 0. The summed E-state index contributed by atoms with van der Waals surface area (Å²) < 4.78 is 13.0. The van der Waals surface area contributed by atoms with E-state index in [4.69, 9.17) is 0 Å². The van der Waals surface area contributed by atoms with Gasteiger partial charge in [-0.3, -0.25) is 14.4 Å². The molecule has 0 radical (unpaired) electrons. The van der Waals surface area contributed by atoms with Crippen molar-refractivity contribution in [1.82, 2.24) is 9.80 Å². The number of carbonyl (C=O) groups excluding carboxylic acids is 3. The first kappa shape index (κ1) is 20.7. The van der Waals surface area contributed by atoms with Crippen molar-refractivity contribution in [2.45, 2.75) is 26.2 Å². The van der Waals surface area contributed by atoms with Crippen molar-refractivity contribution in [1.29, 1.82) is 0 Å². The van der Waals surface area contributed by atoms with E-state index in [1.165, 1.54) is 12.1 Å². The normalized spacial score (nSPS) is 14.0. The Hall–Kier alpha value is -3.02. The molecular weight excluding hydrogens is 371 g/mol. The van der Waals surface area contributed by atoms with Crippen molar-refractivity contribution < 1.29 is 18.8 Å². The molecule has 2 aromatic rings. The molecule has 1 saturated heterocycles. The predicted octanol–water partition coefficient (Wildman–Crippen LogP) is 3.01. The second-order valence-electron chi connectivity index (χ2n) is 7.35. The lowest BCUT2D eigenvalue weighted by atomic mass is 10.0. The van der Waals surface area contributed by atoms with Crippen molar-refractivity contribution in [2.75, 3.05) is 26.2 Å². The van der Waals surface area contributed by atoms with Crippen LogP contribution in [0.15, 0.2) is 48.5 Å². The topological polar surface area (TPSA) is 57.7 Å². The van der Waals surface area contributed by atoms with Crippen LogP contribution < -0.4 is 0 Å². The fourth-order valence-corrected chi connectivity index (χ4v) is 3.36. The number of hydrogen-bond donors (Lipinski definition) is 0. The minimum Gasteiger partial charge on any atom is -0.339 e. The number of hydrogen-bond acceptors (Lipinski definition) is 3. The van der Waals surface area contributed by atoms with Gasteiger partial charge in [-0.2, -0.15) is 0 Å². The summed E-state index contributed by atoms with van der Waals surface area (Å²) in [6.07, 6.45) is 0.584. The monoisotopic (exact) mass is 396 g/mol. The van der Waals surface area contributed by atoms with E-state index in [1.807, 2.05) is 19.1 Å². The third-order valence-corrected chi connectivity index (χ3v) is 5.19. The standard InChI is InChI=1S/C23H25FN2O3/c1-17-2-6-19(7-3-17)21(27)10-11-22(28)25-12-14-26(15-13-25)23(29)16-18-4-8-20(24)9-5-18/h2-9H,10-16H2,1H3. The minimum atomic E-state index is -0.325. The molecule has 0 aromatic heterocycles. The van der Waals surface area contributed by atoms with Gasteiger partial charge in [-0.25, -0.2) is 4.39 Å². The van der Waals surface area contributed by atoms with Crippen LogP contribution in [-0.4, -0.2) is 53.6 Å². The molecule has 0 unspecified atom stereocenters. The Bertz CT molecular complexity index is 870. The van der Waals surface area contributed by atoms with Crippen LogP contribution in [-0.2, 0) is 16.0 Å². The van der Waals surface area contributed by atoms with E-state index >= 15 is 0 Å². The third kappa shape index (κ3) is 5.73. The molecule has 1 fully saturated rings. The zero-order chi connectivity index (χ0) is 20.8. The minimum absolute atomic E-state index is 0.0294. The van der Waals surface area contributed by atoms with Crippen molar-refractivity contribution in [3.63, 3.8) is 0 Å². The van der Waals surface area contributed by atoms with Crippen LogP contribution in [0.1, 0.15) is 34.3 Å². The molecule has 2 aromatic carbocycles. The molecule has 6 heteroatoms. The fraction of sp³-hybridized carbons (Fsp3) is 0.348. The van der Waals surface area contributed by atoms with Gasteiger partial charge in [0.2, 0.25) is 11.8 Å². The van der Waals surface area contributed by atoms with Gasteiger partial charge in [0, 0.05) is 44.6 Å². The van der Waals surface area contributed by atoms with Gasteiger partial charge in [0.05, 0.1) is 6.42 Å². The fourth-order valence-electron chi connectivity index (χ4n) is 3.36. The highest BCUT2D eigenvalue weighted by Gasteiger charge is 2.24. The Morgan fingerprint density at radius 3 is 1.93 bits per heavy atom. The highest BCUT2D eigenvalue weighted by atomic mass is 19.1. The number of benzene rings is 2. The van der Waals surface area contributed by atoms with Crippen LogP contribution in [0, 0.1) is 12.7 Å². The highest BCUT2D eigenvalue weighted by molar-refractivity contribution is 5.98. The zero-order valence-electron chi connectivity index (χ0n) is 16.6. The number of piperazine rings is 1. The Balaban J connectivity index is 1.43. The molecule has 0 N–H and O–H groups in total. The smallest absolute Gasteiger partial charge is 0.227 e. The summed E-state index contributed by atoms with van der Waals surface area (Å²) in [5.41, 5.74) is 2.48. The lowest BCUT2D eigenvalue weighted by Gasteiger charge is -2.35. The van der Waals surface area contributed by atoms with Gasteiger partial charge in [-0.05, 0) is 24.6 Å². The van der Waals surface area contributed by atoms with Crippen LogP contribution in [0.5, 0.6) is 0 Å². The van der Waals surface area contributed by atoms with Gasteiger partial charge >= 0.3 is 0 Å². The lowest BCUT2D eigenvalue weighted by molar-refractivity contribution is -0.139. The molecule has 3 rings (SSSR count). The number of aryl methyl sites for hydroxylation is 1. The summed E-state index contributed by atoms with van der Waals surface area (Å²) in [6, 6.07) is 13.3. The first-order chi connectivity index (χ1) is 13.9. The molecule has 1 aliphatic heterocycles. The van der Waals surface area contributed by atoms with E-state index in [2.05, 4.69) is 0 Å². The van der Waals surface area contributed by atoms with E-state index < -0.39 is 0 Å². The zero-order valence-corrected chi connectivity index (χ0v) is 16.6. The Morgan fingerprint density at radius 1 is 0.793 bits per heavy atom. The first-order valence-electron chi connectivity index (χ1n) is 9.82. The average Bonchev–Trinajstić information content (AvgIpc) is 2.74. The molecule has 0 atom stereocenters. The molecule has 2 amide bonds. The number of halogens is 1. The van der Waals surface area contributed by atoms with Gasteiger partial charge < -0.3 is 9.80 Å². The molecule has 0 aliphatic carbocycles. The van der Waals surface area contributed by atoms with E-state index in [-0.39, 0.29) is 42.7 Å². The molecule has 0 spiro atoms. The number of amides is 2. The summed E-state index contributed by atoms with van der Waals surface area (Å²) in [6.45, 7) is 3.83. The quantitative estimate of drug-likeness (QED) is 0.706. The van der Waals surface area contributed by atoms with Crippen molar-refractivity contribution in [3.8, 4) is 0 Å². The summed E-state index contributed by atoms with van der Waals surface area (Å²) in [5, 5.41) is 0. The lowest BCUT2D eigenvalue weighted by Crippen LogP contribution is -2.51. The number of carbonyl (C=O) groups is 3. The van der Waals surface area contributed by atoms with Crippen LogP contribution in [0.25, 0.3) is 0 Å². The molecule has 1 heterocycles. The van der Waals surface area contributed by atoms with Gasteiger partial charge in [0.25, 0.3) is 0 Å². The Labute approximate surface area is 170 Å². The summed E-state index contributed by atoms with van der Waals surface area (Å²) >= 11 is 0. The Kier molecular flexibility index (Phi) is 6.75. The van der Waals surface area contributed by atoms with Crippen LogP contribution in [0.3, 0.4) is 0 Å². The van der Waals surface area contributed by atoms with Gasteiger partial charge in [0.15, 0.2) is 5.78 Å². The number of nitrogens with zero attached hydrogens (tertiary/aromatic N) is 2. The molecule has 0 bridgehead atoms. The van der Waals surface area contributed by atoms with Gasteiger partial charge in [-0.15, -0.1) is 0 Å². The van der Waals surface area contributed by atoms with Crippen molar-refractivity contribution >= 4 is 17.6 Å². The third-order valence-electron chi connectivity index (χ3n) is 5.19. The van der Waals surface area contributed by atoms with Crippen LogP contribution in [0.4, 0.5) is 4.39 Å². The van der Waals surface area contributed by atoms with Crippen molar-refractivity contribution in [3.05, 3.63) is 71.0 Å². The average molecular weight is 396 g/mol. The van der Waals surface area contributed by atoms with E-state index in [0.717, 1.165) is 11.1 Å². The highest BCUT2D eigenvalue weighted by Crippen LogP contribution is 2.12. The van der Waals surface area contributed by atoms with Gasteiger partial charge in [0.1, 0.15) is 5.82 Å². The molecule has 0 saturated carbocycles. The maximum Gasteiger partial charge on any atom is 0.227 e. The maximum atomic E-state index is 13.0. The van der Waals surface area contributed by atoms with Gasteiger partial charge in [-0.1, -0.05) is 42.0 Å². The molecule has 152 valence electrons. The number of Topliss-reactive ketones (excluding diaryl/α,β-unsaturated/α-hetero) is 1. The number of ketones is 1. The molecule has 5 nitrogen and oxygen atoms in total. The van der Waals surface area contributed by atoms with Crippen molar-refractivity contribution in [2.24, 2.45) is 0 Å². The molecular formula is C23H25FN2O3. The van der Waals surface area contributed by atoms with E-state index in [9.17, 15) is 18.8 Å². The van der Waals surface area contributed by atoms with E-state index in [1.54, 1.807) is 34.1 Å². The second kappa shape index (κ2) is 9.45. The molecule has 29 heavy (non-hydrogen) atoms. The summed E-state index contributed by atoms with van der Waals surface area (Å²) in [5.74, 6) is -0.449. The molecule has 1 aliphatic rings.